The van der Waals surface area contributed by atoms with Gasteiger partial charge >= 0.3 is 0 Å². The third-order valence-electron chi connectivity index (χ3n) is 5.80. The van der Waals surface area contributed by atoms with Crippen LogP contribution in [0.4, 0.5) is 5.82 Å². The van der Waals surface area contributed by atoms with E-state index in [0.717, 1.165) is 43.3 Å². The highest BCUT2D eigenvalue weighted by Gasteiger charge is 2.42. The molecule has 4 heterocycles. The average Bonchev–Trinajstić information content (AvgIpc) is 3.45. The number of likely N-dealkylation sites (tertiary alicyclic amines) is 1. The quantitative estimate of drug-likeness (QED) is 0.663. The number of hydrogen-bond donors (Lipinski definition) is 0. The van der Waals surface area contributed by atoms with Gasteiger partial charge in [-0.15, -0.1) is 0 Å². The van der Waals surface area contributed by atoms with Crippen molar-refractivity contribution >= 4 is 23.3 Å². The Hall–Kier alpha value is -2.93. The van der Waals surface area contributed by atoms with Gasteiger partial charge in [0, 0.05) is 61.0 Å². The third-order valence-corrected chi connectivity index (χ3v) is 6.05. The first-order valence-corrected chi connectivity index (χ1v) is 10.1. The molecule has 2 unspecified atom stereocenters. The summed E-state index contributed by atoms with van der Waals surface area (Å²) in [5.74, 6) is 2.00. The second kappa shape index (κ2) is 7.48. The predicted molar refractivity (Wildman–Crippen MR) is 110 cm³/mol. The predicted octanol–water partition coefficient (Wildman–Crippen LogP) is 2.59. The summed E-state index contributed by atoms with van der Waals surface area (Å²) in [6, 6.07) is 9.44. The van der Waals surface area contributed by atoms with E-state index in [1.807, 2.05) is 53.8 Å². The van der Waals surface area contributed by atoms with Crippen LogP contribution in [-0.2, 0) is 11.3 Å². The Kier molecular flexibility index (Phi) is 4.67. The van der Waals surface area contributed by atoms with Crippen molar-refractivity contribution in [2.75, 3.05) is 31.1 Å². The van der Waals surface area contributed by atoms with E-state index >= 15 is 0 Å². The Morgan fingerprint density at radius 1 is 1.03 bits per heavy atom. The first-order chi connectivity index (χ1) is 14.2. The molecule has 0 bridgehead atoms. The molecule has 2 saturated heterocycles. The number of anilines is 1. The van der Waals surface area contributed by atoms with Crippen LogP contribution in [0.2, 0.25) is 5.02 Å². The zero-order valence-corrected chi connectivity index (χ0v) is 16.6. The highest BCUT2D eigenvalue weighted by Crippen LogP contribution is 2.33. The molecule has 0 aliphatic carbocycles. The van der Waals surface area contributed by atoms with Gasteiger partial charge in [0.1, 0.15) is 12.4 Å². The zero-order valence-electron chi connectivity index (χ0n) is 15.9. The summed E-state index contributed by atoms with van der Waals surface area (Å²) in [7, 11) is 0. The second-order valence-electron chi connectivity index (χ2n) is 7.69. The van der Waals surface area contributed by atoms with Crippen LogP contribution >= 0.6 is 11.6 Å². The average molecular weight is 409 g/mol. The van der Waals surface area contributed by atoms with Crippen molar-refractivity contribution in [2.24, 2.45) is 11.8 Å². The third kappa shape index (κ3) is 3.70. The van der Waals surface area contributed by atoms with Crippen LogP contribution < -0.4 is 4.90 Å². The zero-order chi connectivity index (χ0) is 19.8. The molecule has 5 rings (SSSR count). The van der Waals surface area contributed by atoms with E-state index in [4.69, 9.17) is 11.6 Å². The lowest BCUT2D eigenvalue weighted by atomic mass is 10.0. The van der Waals surface area contributed by atoms with E-state index < -0.39 is 0 Å². The maximum atomic E-state index is 12.5. The summed E-state index contributed by atoms with van der Waals surface area (Å²) in [6.45, 7) is 3.74. The van der Waals surface area contributed by atoms with E-state index in [9.17, 15) is 4.79 Å². The highest BCUT2D eigenvalue weighted by molar-refractivity contribution is 6.30. The monoisotopic (exact) mass is 408 g/mol. The van der Waals surface area contributed by atoms with Gasteiger partial charge in [-0.1, -0.05) is 23.7 Å². The molecule has 2 fully saturated rings. The highest BCUT2D eigenvalue weighted by atomic mass is 35.5. The molecule has 29 heavy (non-hydrogen) atoms. The van der Waals surface area contributed by atoms with Gasteiger partial charge in [-0.05, 0) is 18.2 Å². The van der Waals surface area contributed by atoms with Crippen molar-refractivity contribution in [3.63, 3.8) is 0 Å². The first kappa shape index (κ1) is 18.1. The SMILES string of the molecule is O=C(Cn1cccn1)N1CC2CN(c3cnc(-c4ccc(Cl)cc4)cn3)CC2C1. The molecule has 0 saturated carbocycles. The maximum Gasteiger partial charge on any atom is 0.244 e. The van der Waals surface area contributed by atoms with Gasteiger partial charge in [0.2, 0.25) is 5.91 Å². The molecule has 2 aliphatic heterocycles. The molecule has 148 valence electrons. The Balaban J connectivity index is 1.20. The number of amides is 1. The van der Waals surface area contributed by atoms with Crippen molar-refractivity contribution < 1.29 is 4.79 Å². The molecule has 1 aromatic carbocycles. The summed E-state index contributed by atoms with van der Waals surface area (Å²) >= 11 is 5.95. The van der Waals surface area contributed by atoms with E-state index in [2.05, 4.69) is 20.0 Å². The molecular weight excluding hydrogens is 388 g/mol. The molecule has 3 aromatic rings. The van der Waals surface area contributed by atoms with Crippen molar-refractivity contribution in [3.05, 3.63) is 60.1 Å². The minimum atomic E-state index is 0.141. The van der Waals surface area contributed by atoms with Crippen molar-refractivity contribution in [1.82, 2.24) is 24.6 Å². The fraction of sp³-hybridized carbons (Fsp3) is 0.333. The second-order valence-corrected chi connectivity index (χ2v) is 8.13. The normalized spacial score (nSPS) is 20.9. The van der Waals surface area contributed by atoms with E-state index in [0.29, 0.717) is 23.4 Å². The smallest absolute Gasteiger partial charge is 0.244 e. The lowest BCUT2D eigenvalue weighted by Crippen LogP contribution is -2.35. The number of carbonyl (C=O) groups excluding carboxylic acids is 1. The number of halogens is 1. The van der Waals surface area contributed by atoms with Gasteiger partial charge in [-0.3, -0.25) is 14.5 Å². The summed E-state index contributed by atoms with van der Waals surface area (Å²) in [5.41, 5.74) is 1.83. The van der Waals surface area contributed by atoms with Crippen LogP contribution in [0.15, 0.2) is 55.1 Å². The number of hydrogen-bond acceptors (Lipinski definition) is 5. The van der Waals surface area contributed by atoms with Gasteiger partial charge in [-0.25, -0.2) is 4.98 Å². The van der Waals surface area contributed by atoms with Crippen molar-refractivity contribution in [2.45, 2.75) is 6.54 Å². The standard InChI is InChI=1S/C21H21ClN6O/c22-18-4-2-15(3-5-18)19-8-24-20(9-23-19)26-10-16-12-27(13-17(16)11-26)21(29)14-28-7-1-6-25-28/h1-9,16-17H,10-14H2. The number of benzene rings is 1. The summed E-state index contributed by atoms with van der Waals surface area (Å²) in [4.78, 5) is 26.0. The van der Waals surface area contributed by atoms with Crippen LogP contribution in [-0.4, -0.2) is 56.7 Å². The van der Waals surface area contributed by atoms with E-state index in [-0.39, 0.29) is 5.91 Å². The number of aromatic nitrogens is 4. The lowest BCUT2D eigenvalue weighted by Gasteiger charge is -2.22. The number of rotatable bonds is 4. The minimum Gasteiger partial charge on any atom is -0.355 e. The molecule has 2 aromatic heterocycles. The van der Waals surface area contributed by atoms with Gasteiger partial charge in [0.15, 0.2) is 0 Å². The molecule has 2 aliphatic rings. The van der Waals surface area contributed by atoms with Crippen LogP contribution in [0.1, 0.15) is 0 Å². The molecule has 2 atom stereocenters. The molecule has 0 spiro atoms. The molecule has 0 radical (unpaired) electrons. The van der Waals surface area contributed by atoms with Gasteiger partial charge < -0.3 is 9.80 Å². The Morgan fingerprint density at radius 3 is 2.41 bits per heavy atom. The van der Waals surface area contributed by atoms with Crippen LogP contribution in [0.25, 0.3) is 11.3 Å². The van der Waals surface area contributed by atoms with Gasteiger partial charge in [0.25, 0.3) is 0 Å². The van der Waals surface area contributed by atoms with E-state index in [1.54, 1.807) is 10.9 Å². The molecule has 1 amide bonds. The Bertz CT molecular complexity index is 975. The van der Waals surface area contributed by atoms with Crippen LogP contribution in [0.5, 0.6) is 0 Å². The van der Waals surface area contributed by atoms with Crippen molar-refractivity contribution in [1.29, 1.82) is 0 Å². The Labute approximate surface area is 173 Å². The lowest BCUT2D eigenvalue weighted by molar-refractivity contribution is -0.131. The number of nitrogens with zero attached hydrogens (tertiary/aromatic N) is 6. The summed E-state index contributed by atoms with van der Waals surface area (Å²) in [6.07, 6.45) is 7.17. The maximum absolute atomic E-state index is 12.5. The number of carbonyl (C=O) groups is 1. The minimum absolute atomic E-state index is 0.141. The topological polar surface area (TPSA) is 67.2 Å². The van der Waals surface area contributed by atoms with Crippen LogP contribution in [0.3, 0.4) is 0 Å². The Morgan fingerprint density at radius 2 is 1.79 bits per heavy atom. The fourth-order valence-corrected chi connectivity index (χ4v) is 4.40. The first-order valence-electron chi connectivity index (χ1n) is 9.74. The van der Waals surface area contributed by atoms with Gasteiger partial charge in [0.05, 0.1) is 18.1 Å². The number of fused-ring (bicyclic) bond motifs is 1. The molecule has 8 heteroatoms. The summed E-state index contributed by atoms with van der Waals surface area (Å²) < 4.78 is 1.68. The van der Waals surface area contributed by atoms with Crippen LogP contribution in [0, 0.1) is 11.8 Å². The van der Waals surface area contributed by atoms with Crippen molar-refractivity contribution in [3.8, 4) is 11.3 Å². The molecule has 7 nitrogen and oxygen atoms in total. The summed E-state index contributed by atoms with van der Waals surface area (Å²) in [5, 5.41) is 4.83. The molecular formula is C21H21ClN6O. The molecule has 0 N–H and O–H groups in total. The van der Waals surface area contributed by atoms with Gasteiger partial charge in [-0.2, -0.15) is 5.10 Å². The largest absolute Gasteiger partial charge is 0.355 e. The fourth-order valence-electron chi connectivity index (χ4n) is 4.27. The van der Waals surface area contributed by atoms with E-state index in [1.165, 1.54) is 0 Å².